The second-order valence-corrected chi connectivity index (χ2v) is 8.72. The molecule has 8 N–H and O–H groups in total. The summed E-state index contributed by atoms with van der Waals surface area (Å²) < 4.78 is 5.34. The number of pyridine rings is 2. The van der Waals surface area contributed by atoms with Crippen LogP contribution in [0.2, 0.25) is 0 Å². The Labute approximate surface area is 206 Å². The first kappa shape index (κ1) is 26.1. The van der Waals surface area contributed by atoms with Gasteiger partial charge in [-0.05, 0) is 42.0 Å². The molecule has 1 aliphatic heterocycles. The molecule has 1 unspecified atom stereocenters. The van der Waals surface area contributed by atoms with Crippen molar-refractivity contribution in [3.8, 4) is 0 Å². The molecule has 2 aromatic heterocycles. The Balaban J connectivity index is 1.68. The average molecular weight is 481 g/mol. The molecule has 0 amide bonds. The molecular formula is C25H36N8O2. The van der Waals surface area contributed by atoms with Gasteiger partial charge in [0.2, 0.25) is 0 Å². The van der Waals surface area contributed by atoms with Crippen LogP contribution in [0.25, 0.3) is 16.6 Å². The van der Waals surface area contributed by atoms with Crippen molar-refractivity contribution in [2.45, 2.75) is 20.0 Å². The lowest BCUT2D eigenvalue weighted by Gasteiger charge is -2.28. The quantitative estimate of drug-likeness (QED) is 0.207. The van der Waals surface area contributed by atoms with Crippen molar-refractivity contribution in [2.24, 2.45) is 17.4 Å². The van der Waals surface area contributed by atoms with E-state index in [1.165, 1.54) is 6.21 Å². The van der Waals surface area contributed by atoms with Crippen LogP contribution in [-0.4, -0.2) is 71.7 Å². The minimum atomic E-state index is -0.523. The van der Waals surface area contributed by atoms with Gasteiger partial charge in [-0.25, -0.2) is 4.98 Å². The molecule has 0 bridgehead atoms. The van der Waals surface area contributed by atoms with E-state index >= 15 is 0 Å². The molecule has 1 atom stereocenters. The third-order valence-electron chi connectivity index (χ3n) is 5.66. The number of aromatic nitrogens is 2. The summed E-state index contributed by atoms with van der Waals surface area (Å²) in [5.41, 5.74) is 15.5. The fraction of sp³-hybridized carbons (Fsp3) is 0.400. The number of morpholine rings is 1. The fourth-order valence-corrected chi connectivity index (χ4v) is 3.66. The van der Waals surface area contributed by atoms with Gasteiger partial charge in [0, 0.05) is 55.9 Å². The summed E-state index contributed by atoms with van der Waals surface area (Å²) in [5.74, 6) is 1.26. The number of anilines is 1. The van der Waals surface area contributed by atoms with Crippen LogP contribution in [-0.2, 0) is 4.74 Å². The first-order chi connectivity index (χ1) is 16.9. The van der Waals surface area contributed by atoms with E-state index in [1.807, 2.05) is 32.0 Å². The summed E-state index contributed by atoms with van der Waals surface area (Å²) in [5, 5.41) is 24.4. The Hall–Kier alpha value is -3.47. The maximum atomic E-state index is 10.3. The number of hydrogen-bond donors (Lipinski definition) is 6. The Kier molecular flexibility index (Phi) is 9.59. The standard InChI is InChI=1S/C25H36N8O2/c1-17(2)18(11-26)10-24(28)32-25-4-3-22-23(31-25)9-19(14-30-22)20(12-27)13-29-15-21(34)16-33-5-7-35-8-6-33/h3-4,9-14,17,21,27,29,34H,5-8,15-16,26,28H2,1-2H3,(H,31,32)/b18-11+,20-13+,24-10+,27-12?. The first-order valence-corrected chi connectivity index (χ1v) is 11.7. The lowest BCUT2D eigenvalue weighted by Crippen LogP contribution is -2.43. The Morgan fingerprint density at radius 2 is 2.06 bits per heavy atom. The van der Waals surface area contributed by atoms with Gasteiger partial charge in [0.1, 0.15) is 11.6 Å². The van der Waals surface area contributed by atoms with Crippen LogP contribution < -0.4 is 22.1 Å². The van der Waals surface area contributed by atoms with Crippen molar-refractivity contribution < 1.29 is 9.84 Å². The molecule has 10 nitrogen and oxygen atoms in total. The van der Waals surface area contributed by atoms with E-state index < -0.39 is 6.10 Å². The number of hydrogen-bond acceptors (Lipinski definition) is 10. The highest BCUT2D eigenvalue weighted by atomic mass is 16.5. The zero-order chi connectivity index (χ0) is 25.2. The molecule has 0 aromatic carbocycles. The number of nitrogens with two attached hydrogens (primary N) is 2. The lowest BCUT2D eigenvalue weighted by atomic mass is 10.0. The number of β-amino-alcohol motifs (C(OH)–C–C–N with tert-alkyl or cyclic N) is 1. The Morgan fingerprint density at radius 3 is 2.74 bits per heavy atom. The topological polar surface area (TPSA) is 158 Å². The monoisotopic (exact) mass is 480 g/mol. The van der Waals surface area contributed by atoms with E-state index in [0.29, 0.717) is 49.0 Å². The summed E-state index contributed by atoms with van der Waals surface area (Å²) >= 11 is 0. The van der Waals surface area contributed by atoms with Crippen molar-refractivity contribution in [3.05, 3.63) is 59.8 Å². The first-order valence-electron chi connectivity index (χ1n) is 11.7. The summed E-state index contributed by atoms with van der Waals surface area (Å²) in [6.07, 6.45) is 7.48. The molecule has 3 rings (SSSR count). The number of ether oxygens (including phenoxy) is 1. The second kappa shape index (κ2) is 12.8. The maximum Gasteiger partial charge on any atom is 0.132 e. The van der Waals surface area contributed by atoms with Crippen molar-refractivity contribution in [1.29, 1.82) is 5.41 Å². The number of fused-ring (bicyclic) bond motifs is 1. The summed E-state index contributed by atoms with van der Waals surface area (Å²) in [6.45, 7) is 8.10. The highest BCUT2D eigenvalue weighted by Crippen LogP contribution is 2.19. The van der Waals surface area contributed by atoms with Gasteiger partial charge in [-0.3, -0.25) is 9.88 Å². The third kappa shape index (κ3) is 7.78. The summed E-state index contributed by atoms with van der Waals surface area (Å²) in [4.78, 5) is 11.3. The van der Waals surface area contributed by atoms with Gasteiger partial charge in [-0.1, -0.05) is 13.8 Å². The molecule has 0 spiro atoms. The van der Waals surface area contributed by atoms with Crippen LogP contribution in [0.1, 0.15) is 19.4 Å². The largest absolute Gasteiger partial charge is 0.404 e. The maximum absolute atomic E-state index is 10.3. The molecule has 1 fully saturated rings. The highest BCUT2D eigenvalue weighted by Gasteiger charge is 2.14. The molecule has 0 saturated carbocycles. The molecule has 35 heavy (non-hydrogen) atoms. The summed E-state index contributed by atoms with van der Waals surface area (Å²) in [7, 11) is 0. The summed E-state index contributed by atoms with van der Waals surface area (Å²) in [6, 6.07) is 5.54. The van der Waals surface area contributed by atoms with Gasteiger partial charge < -0.3 is 37.4 Å². The van der Waals surface area contributed by atoms with Crippen LogP contribution in [0.5, 0.6) is 0 Å². The molecule has 0 aliphatic carbocycles. The van der Waals surface area contributed by atoms with Gasteiger partial charge in [0.25, 0.3) is 0 Å². The normalized spacial score (nSPS) is 17.0. The SMILES string of the molecule is CC(C)C(=C/N)/C=C(\N)Nc1ccc2ncc(/C(C=N)=C/NCC(O)CN3CCOCC3)cc2n1. The average Bonchev–Trinajstić information content (AvgIpc) is 2.85. The minimum Gasteiger partial charge on any atom is -0.404 e. The van der Waals surface area contributed by atoms with E-state index in [2.05, 4.69) is 25.5 Å². The Bertz CT molecular complexity index is 1090. The number of nitrogens with zero attached hydrogens (tertiary/aromatic N) is 3. The molecule has 3 heterocycles. The Morgan fingerprint density at radius 1 is 1.29 bits per heavy atom. The van der Waals surface area contributed by atoms with E-state index in [4.69, 9.17) is 21.6 Å². The van der Waals surface area contributed by atoms with Gasteiger partial charge in [0.15, 0.2) is 0 Å². The second-order valence-electron chi connectivity index (χ2n) is 8.72. The molecule has 1 saturated heterocycles. The van der Waals surface area contributed by atoms with Crippen LogP contribution in [0.15, 0.2) is 54.3 Å². The number of allylic oxidation sites excluding steroid dienone is 3. The molecule has 188 valence electrons. The molecule has 0 radical (unpaired) electrons. The van der Waals surface area contributed by atoms with Crippen LogP contribution in [0.3, 0.4) is 0 Å². The van der Waals surface area contributed by atoms with E-state index in [0.717, 1.165) is 29.7 Å². The van der Waals surface area contributed by atoms with E-state index in [9.17, 15) is 5.11 Å². The van der Waals surface area contributed by atoms with Crippen LogP contribution >= 0.6 is 0 Å². The van der Waals surface area contributed by atoms with E-state index in [-0.39, 0.29) is 5.92 Å². The van der Waals surface area contributed by atoms with E-state index in [1.54, 1.807) is 24.7 Å². The highest BCUT2D eigenvalue weighted by molar-refractivity contribution is 6.08. The number of nitrogens with one attached hydrogen (secondary N) is 3. The number of aliphatic hydroxyl groups is 1. The lowest BCUT2D eigenvalue weighted by molar-refractivity contribution is 0.0155. The fourth-order valence-electron chi connectivity index (χ4n) is 3.66. The zero-order valence-corrected chi connectivity index (χ0v) is 20.4. The van der Waals surface area contributed by atoms with Crippen molar-refractivity contribution >= 4 is 28.6 Å². The van der Waals surface area contributed by atoms with Crippen LogP contribution in [0.4, 0.5) is 5.82 Å². The van der Waals surface area contributed by atoms with Crippen LogP contribution in [0, 0.1) is 11.3 Å². The van der Waals surface area contributed by atoms with Gasteiger partial charge in [-0.2, -0.15) is 0 Å². The van der Waals surface area contributed by atoms with Crippen molar-refractivity contribution in [3.63, 3.8) is 0 Å². The number of rotatable bonds is 11. The minimum absolute atomic E-state index is 0.247. The zero-order valence-electron chi connectivity index (χ0n) is 20.4. The predicted molar refractivity (Wildman–Crippen MR) is 141 cm³/mol. The predicted octanol–water partition coefficient (Wildman–Crippen LogP) is 1.61. The number of aliphatic hydroxyl groups excluding tert-OH is 1. The molecule has 1 aliphatic rings. The van der Waals surface area contributed by atoms with Crippen molar-refractivity contribution in [1.82, 2.24) is 20.2 Å². The molecular weight excluding hydrogens is 444 g/mol. The molecule has 2 aromatic rings. The van der Waals surface area contributed by atoms with Gasteiger partial charge >= 0.3 is 0 Å². The van der Waals surface area contributed by atoms with Gasteiger partial charge in [-0.15, -0.1) is 0 Å². The van der Waals surface area contributed by atoms with Gasteiger partial charge in [0.05, 0.1) is 30.4 Å². The van der Waals surface area contributed by atoms with Crippen molar-refractivity contribution in [2.75, 3.05) is 44.7 Å². The molecule has 10 heteroatoms. The third-order valence-corrected chi connectivity index (χ3v) is 5.66. The smallest absolute Gasteiger partial charge is 0.132 e.